The smallest absolute Gasteiger partial charge is 0.245 e. The van der Waals surface area contributed by atoms with E-state index < -0.39 is 0 Å². The van der Waals surface area contributed by atoms with E-state index in [0.717, 1.165) is 72.7 Å². The van der Waals surface area contributed by atoms with Crippen LogP contribution in [0.2, 0.25) is 0 Å². The topological polar surface area (TPSA) is 111 Å². The second-order valence-corrected chi connectivity index (χ2v) is 11.0. The lowest BCUT2D eigenvalue weighted by molar-refractivity contribution is -0.127. The molecule has 9 nitrogen and oxygen atoms in total. The van der Waals surface area contributed by atoms with Crippen LogP contribution in [-0.2, 0) is 16.0 Å². The molecule has 2 fully saturated rings. The van der Waals surface area contributed by atoms with Gasteiger partial charge in [-0.25, -0.2) is 15.0 Å². The monoisotopic (exact) mass is 535 g/mol. The van der Waals surface area contributed by atoms with E-state index in [2.05, 4.69) is 45.7 Å². The minimum Gasteiger partial charge on any atom is -0.383 e. The lowest BCUT2D eigenvalue weighted by atomic mass is 10.0. The lowest BCUT2D eigenvalue weighted by Crippen LogP contribution is -2.45. The average Bonchev–Trinajstić information content (AvgIpc) is 3.53. The van der Waals surface area contributed by atoms with Crippen LogP contribution in [0.25, 0.3) is 28.2 Å². The normalized spacial score (nSPS) is 19.5. The number of nitrogen functional groups attached to an aromatic ring is 1. The van der Waals surface area contributed by atoms with Crippen molar-refractivity contribution in [1.29, 1.82) is 0 Å². The van der Waals surface area contributed by atoms with Gasteiger partial charge in [-0.1, -0.05) is 12.6 Å². The van der Waals surface area contributed by atoms with Gasteiger partial charge >= 0.3 is 0 Å². The number of imidazole rings is 1. The molecule has 0 radical (unpaired) electrons. The summed E-state index contributed by atoms with van der Waals surface area (Å²) < 4.78 is 7.55. The molecular weight excluding hydrogens is 502 g/mol. The number of aromatic nitrogens is 4. The average molecular weight is 536 g/mol. The SMILES string of the molecule is C=CC(=O)N1CCC(NC2CCc3cc(-n4c(-c5cccnc5N)nc5ccc(C6COC6)nc54)ccc32)CC1. The van der Waals surface area contributed by atoms with Crippen LogP contribution < -0.4 is 11.1 Å². The van der Waals surface area contributed by atoms with Crippen molar-refractivity contribution in [2.45, 2.75) is 43.7 Å². The lowest BCUT2D eigenvalue weighted by Gasteiger charge is -2.33. The van der Waals surface area contributed by atoms with Crippen LogP contribution in [0, 0.1) is 0 Å². The van der Waals surface area contributed by atoms with Crippen LogP contribution in [0.3, 0.4) is 0 Å². The Hall–Kier alpha value is -4.08. The molecule has 4 aromatic rings. The first kappa shape index (κ1) is 24.9. The van der Waals surface area contributed by atoms with Gasteiger partial charge in [-0.3, -0.25) is 9.36 Å². The van der Waals surface area contributed by atoms with Crippen molar-refractivity contribution in [3.05, 3.63) is 78.1 Å². The fraction of sp³-hybridized carbons (Fsp3) is 0.355. The molecule has 9 heteroatoms. The number of amides is 1. The largest absolute Gasteiger partial charge is 0.383 e. The van der Waals surface area contributed by atoms with Crippen molar-refractivity contribution >= 4 is 22.9 Å². The van der Waals surface area contributed by atoms with Gasteiger partial charge in [0.15, 0.2) is 11.5 Å². The van der Waals surface area contributed by atoms with Crippen molar-refractivity contribution < 1.29 is 9.53 Å². The van der Waals surface area contributed by atoms with Crippen molar-refractivity contribution in [1.82, 2.24) is 29.7 Å². The summed E-state index contributed by atoms with van der Waals surface area (Å²) in [6, 6.07) is 15.4. The fourth-order valence-corrected chi connectivity index (χ4v) is 6.23. The highest BCUT2D eigenvalue weighted by Crippen LogP contribution is 2.37. The predicted molar refractivity (Wildman–Crippen MR) is 154 cm³/mol. The molecule has 3 aromatic heterocycles. The van der Waals surface area contributed by atoms with Gasteiger partial charge in [-0.05, 0) is 79.3 Å². The van der Waals surface area contributed by atoms with E-state index in [1.807, 2.05) is 23.1 Å². The zero-order chi connectivity index (χ0) is 27.2. The molecule has 1 aromatic carbocycles. The third-order valence-electron chi connectivity index (χ3n) is 8.54. The molecule has 1 amide bonds. The van der Waals surface area contributed by atoms with E-state index in [-0.39, 0.29) is 5.91 Å². The summed E-state index contributed by atoms with van der Waals surface area (Å²) in [5.74, 6) is 1.52. The quantitative estimate of drug-likeness (QED) is 0.360. The Labute approximate surface area is 233 Å². The number of piperidine rings is 1. The summed E-state index contributed by atoms with van der Waals surface area (Å²) in [7, 11) is 0. The molecule has 7 rings (SSSR count). The molecule has 3 N–H and O–H groups in total. The van der Waals surface area contributed by atoms with Gasteiger partial charge in [-0.2, -0.15) is 0 Å². The zero-order valence-corrected chi connectivity index (χ0v) is 22.4. The van der Waals surface area contributed by atoms with Gasteiger partial charge < -0.3 is 20.7 Å². The van der Waals surface area contributed by atoms with Crippen LogP contribution in [-0.4, -0.2) is 62.7 Å². The Morgan fingerprint density at radius 3 is 2.70 bits per heavy atom. The van der Waals surface area contributed by atoms with Gasteiger partial charge in [0.1, 0.15) is 11.3 Å². The van der Waals surface area contributed by atoms with Crippen LogP contribution in [0.4, 0.5) is 5.82 Å². The molecule has 40 heavy (non-hydrogen) atoms. The summed E-state index contributed by atoms with van der Waals surface area (Å²) in [5.41, 5.74) is 13.5. The highest BCUT2D eigenvalue weighted by atomic mass is 16.5. The van der Waals surface area contributed by atoms with Gasteiger partial charge in [-0.15, -0.1) is 0 Å². The van der Waals surface area contributed by atoms with Gasteiger partial charge in [0.2, 0.25) is 5.91 Å². The number of benzene rings is 1. The molecule has 1 atom stereocenters. The first-order valence-corrected chi connectivity index (χ1v) is 14.1. The summed E-state index contributed by atoms with van der Waals surface area (Å²) in [6.45, 7) is 6.57. The third kappa shape index (κ3) is 4.35. The molecular formula is C31H33N7O2. The number of pyridine rings is 2. The number of likely N-dealkylation sites (tertiary alicyclic amines) is 1. The second-order valence-electron chi connectivity index (χ2n) is 11.0. The number of hydrogen-bond donors (Lipinski definition) is 2. The Morgan fingerprint density at radius 2 is 1.95 bits per heavy atom. The number of hydrogen-bond acceptors (Lipinski definition) is 7. The number of carbonyl (C=O) groups excluding carboxylic acids is 1. The van der Waals surface area contributed by atoms with Crippen molar-refractivity contribution in [2.75, 3.05) is 32.0 Å². The van der Waals surface area contributed by atoms with Gasteiger partial charge in [0.25, 0.3) is 0 Å². The van der Waals surface area contributed by atoms with E-state index >= 15 is 0 Å². The number of fused-ring (bicyclic) bond motifs is 2. The summed E-state index contributed by atoms with van der Waals surface area (Å²) in [6.07, 6.45) is 7.09. The Bertz CT molecular complexity index is 1600. The first-order valence-electron chi connectivity index (χ1n) is 14.1. The fourth-order valence-electron chi connectivity index (χ4n) is 6.23. The Kier molecular flexibility index (Phi) is 6.32. The number of ether oxygens (including phenoxy) is 1. The number of carbonyl (C=O) groups is 1. The molecule has 1 unspecified atom stereocenters. The Balaban J connectivity index is 1.22. The minimum atomic E-state index is 0.0271. The van der Waals surface area contributed by atoms with Crippen molar-refractivity contribution in [3.8, 4) is 17.1 Å². The molecule has 204 valence electrons. The zero-order valence-electron chi connectivity index (χ0n) is 22.4. The number of anilines is 1. The number of aryl methyl sites for hydroxylation is 1. The number of nitrogens with two attached hydrogens (primary N) is 1. The number of nitrogens with zero attached hydrogens (tertiary/aromatic N) is 5. The highest BCUT2D eigenvalue weighted by molar-refractivity contribution is 5.87. The van der Waals surface area contributed by atoms with Crippen LogP contribution in [0.1, 0.15) is 48.0 Å². The van der Waals surface area contributed by atoms with Crippen molar-refractivity contribution in [2.24, 2.45) is 0 Å². The maximum Gasteiger partial charge on any atom is 0.245 e. The molecule has 2 aliphatic heterocycles. The maximum atomic E-state index is 12.0. The molecule has 5 heterocycles. The number of nitrogens with one attached hydrogen (secondary N) is 1. The second kappa shape index (κ2) is 10.1. The third-order valence-corrected chi connectivity index (χ3v) is 8.54. The molecule has 0 spiro atoms. The van der Waals surface area contributed by atoms with Crippen molar-refractivity contribution in [3.63, 3.8) is 0 Å². The maximum absolute atomic E-state index is 12.0. The molecule has 2 saturated heterocycles. The highest BCUT2D eigenvalue weighted by Gasteiger charge is 2.29. The van der Waals surface area contributed by atoms with E-state index in [1.54, 1.807) is 6.20 Å². The van der Waals surface area contributed by atoms with Crippen LogP contribution in [0.15, 0.2) is 61.3 Å². The predicted octanol–water partition coefficient (Wildman–Crippen LogP) is 3.93. The van der Waals surface area contributed by atoms with E-state index in [9.17, 15) is 4.79 Å². The van der Waals surface area contributed by atoms with Gasteiger partial charge in [0, 0.05) is 43.0 Å². The Morgan fingerprint density at radius 1 is 1.10 bits per heavy atom. The van der Waals surface area contributed by atoms with Gasteiger partial charge in [0.05, 0.1) is 24.5 Å². The van der Waals surface area contributed by atoms with Crippen LogP contribution in [0.5, 0.6) is 0 Å². The molecule has 0 bridgehead atoms. The minimum absolute atomic E-state index is 0.0271. The van der Waals surface area contributed by atoms with E-state index in [4.69, 9.17) is 20.4 Å². The standard InChI is InChI=1S/C31H33N7O2/c1-2-28(39)37-14-11-21(12-15-37)34-26-8-5-19-16-22(6-7-23(19)26)38-30(24-4-3-13-33-29(24)32)36-27-10-9-25(35-31(27)38)20-17-40-18-20/h2-4,6-7,9-10,13,16,20-21,26,34H,1,5,8,11-12,14-15,17-18H2,(H2,32,33). The number of rotatable bonds is 6. The molecule has 3 aliphatic rings. The van der Waals surface area contributed by atoms with E-state index in [0.29, 0.717) is 37.0 Å². The summed E-state index contributed by atoms with van der Waals surface area (Å²) in [4.78, 5) is 28.2. The summed E-state index contributed by atoms with van der Waals surface area (Å²) in [5, 5.41) is 3.88. The van der Waals surface area contributed by atoms with Crippen LogP contribution >= 0.6 is 0 Å². The molecule has 0 saturated carbocycles. The first-order chi connectivity index (χ1) is 19.6. The molecule has 1 aliphatic carbocycles. The van der Waals surface area contributed by atoms with E-state index in [1.165, 1.54) is 17.2 Å². The summed E-state index contributed by atoms with van der Waals surface area (Å²) >= 11 is 0.